The first-order valence-electron chi connectivity index (χ1n) is 7.39. The summed E-state index contributed by atoms with van der Waals surface area (Å²) in [4.78, 5) is 9.57. The van der Waals surface area contributed by atoms with Gasteiger partial charge in [-0.3, -0.25) is 0 Å². The van der Waals surface area contributed by atoms with E-state index in [9.17, 15) is 9.83 Å². The van der Waals surface area contributed by atoms with Crippen molar-refractivity contribution in [1.29, 1.82) is 5.26 Å². The van der Waals surface area contributed by atoms with E-state index >= 15 is 0 Å². The van der Waals surface area contributed by atoms with Crippen LogP contribution < -0.4 is 5.30 Å². The Hall–Kier alpha value is -2.00. The number of benzene rings is 2. The Morgan fingerprint density at radius 3 is 2.25 bits per heavy atom. The van der Waals surface area contributed by atoms with Crippen molar-refractivity contribution < 1.29 is 23.7 Å². The van der Waals surface area contributed by atoms with Crippen LogP contribution in [0.1, 0.15) is 19.4 Å². The third-order valence-corrected chi connectivity index (χ3v) is 4.52. The second kappa shape index (κ2) is 8.74. The number of hydrogen-bond donors (Lipinski definition) is 0. The van der Waals surface area contributed by atoms with Crippen LogP contribution in [0.15, 0.2) is 42.5 Å². The van der Waals surface area contributed by atoms with Gasteiger partial charge in [-0.1, -0.05) is 24.3 Å². The molecule has 24 heavy (non-hydrogen) atoms. The second-order valence-electron chi connectivity index (χ2n) is 4.58. The highest BCUT2D eigenvalue weighted by Gasteiger charge is 2.31. The van der Waals surface area contributed by atoms with E-state index in [-0.39, 0.29) is 18.5 Å². The SMILES string of the molecule is CCOOP(=O)(OOCC)c1ccc(-c2[c]cccc2C#N)cc1. The fourth-order valence-electron chi connectivity index (χ4n) is 1.92. The van der Waals surface area contributed by atoms with Crippen molar-refractivity contribution in [2.24, 2.45) is 0 Å². The van der Waals surface area contributed by atoms with Crippen LogP contribution in [0.3, 0.4) is 0 Å². The van der Waals surface area contributed by atoms with Gasteiger partial charge >= 0.3 is 7.60 Å². The molecular formula is C17H17NO5P. The minimum absolute atomic E-state index is 0.210. The van der Waals surface area contributed by atoms with Gasteiger partial charge in [-0.25, -0.2) is 14.3 Å². The molecule has 0 amide bonds. The standard InChI is InChI=1S/C17H17NO5P/c1-3-20-22-24(19,23-21-4-2)16-11-9-14(10-12-16)17-8-6-5-7-15(17)13-18/h5-7,9-12H,3-4H2,1-2H3. The molecule has 0 aromatic heterocycles. The smallest absolute Gasteiger partial charge is 0.250 e. The lowest BCUT2D eigenvalue weighted by Gasteiger charge is -2.16. The highest BCUT2D eigenvalue weighted by molar-refractivity contribution is 7.62. The number of nitrogens with zero attached hydrogens (tertiary/aromatic N) is 1. The molecular weight excluding hydrogens is 329 g/mol. The summed E-state index contributed by atoms with van der Waals surface area (Å²) >= 11 is 0. The first kappa shape index (κ1) is 18.3. The summed E-state index contributed by atoms with van der Waals surface area (Å²) in [5, 5.41) is 9.45. The zero-order chi connectivity index (χ0) is 17.4. The van der Waals surface area contributed by atoms with Crippen molar-refractivity contribution in [3.05, 3.63) is 54.1 Å². The third kappa shape index (κ3) is 4.30. The molecule has 0 aliphatic carbocycles. The van der Waals surface area contributed by atoms with E-state index in [1.807, 2.05) is 0 Å². The normalized spacial score (nSPS) is 11.2. The van der Waals surface area contributed by atoms with E-state index in [4.69, 9.17) is 19.1 Å². The van der Waals surface area contributed by atoms with Crippen molar-refractivity contribution in [3.8, 4) is 17.2 Å². The lowest BCUT2D eigenvalue weighted by Crippen LogP contribution is -2.11. The minimum Gasteiger partial charge on any atom is -0.250 e. The molecule has 0 aliphatic rings. The molecule has 2 aromatic rings. The van der Waals surface area contributed by atoms with Crippen LogP contribution in [0, 0.1) is 17.4 Å². The van der Waals surface area contributed by atoms with Gasteiger partial charge in [0.2, 0.25) is 0 Å². The lowest BCUT2D eigenvalue weighted by atomic mass is 10.0. The predicted octanol–water partition coefficient (Wildman–Crippen LogP) is 3.78. The van der Waals surface area contributed by atoms with E-state index in [0.717, 1.165) is 5.56 Å². The van der Waals surface area contributed by atoms with Gasteiger partial charge in [0, 0.05) is 5.56 Å². The van der Waals surface area contributed by atoms with Crippen LogP contribution in [0.2, 0.25) is 0 Å². The van der Waals surface area contributed by atoms with Crippen molar-refractivity contribution in [2.75, 3.05) is 13.2 Å². The third-order valence-electron chi connectivity index (χ3n) is 2.99. The largest absolute Gasteiger partial charge is 0.414 e. The Kier molecular flexibility index (Phi) is 6.68. The molecule has 125 valence electrons. The van der Waals surface area contributed by atoms with Gasteiger partial charge in [0.15, 0.2) is 0 Å². The molecule has 0 aliphatic heterocycles. The molecule has 0 unspecified atom stereocenters. The monoisotopic (exact) mass is 346 g/mol. The summed E-state index contributed by atoms with van der Waals surface area (Å²) in [6.45, 7) is 3.82. The molecule has 0 N–H and O–H groups in total. The average molecular weight is 346 g/mol. The summed E-state index contributed by atoms with van der Waals surface area (Å²) in [5.74, 6) is 0. The van der Waals surface area contributed by atoms with Crippen molar-refractivity contribution in [2.45, 2.75) is 13.8 Å². The Labute approximate surface area is 140 Å². The minimum atomic E-state index is -3.75. The maximum absolute atomic E-state index is 12.7. The molecule has 6 nitrogen and oxygen atoms in total. The van der Waals surface area contributed by atoms with Crippen molar-refractivity contribution in [1.82, 2.24) is 0 Å². The van der Waals surface area contributed by atoms with Gasteiger partial charge in [0.1, 0.15) is 0 Å². The molecule has 0 saturated carbocycles. The fraction of sp³-hybridized carbons (Fsp3) is 0.235. The predicted molar refractivity (Wildman–Crippen MR) is 88.1 cm³/mol. The van der Waals surface area contributed by atoms with Crippen molar-refractivity contribution >= 4 is 12.9 Å². The molecule has 2 rings (SSSR count). The van der Waals surface area contributed by atoms with Crippen LogP contribution in [-0.2, 0) is 23.7 Å². The van der Waals surface area contributed by atoms with E-state index in [2.05, 4.69) is 12.1 Å². The Morgan fingerprint density at radius 2 is 1.71 bits per heavy atom. The summed E-state index contributed by atoms with van der Waals surface area (Å²) in [7, 11) is -3.75. The number of nitriles is 1. The molecule has 0 fully saturated rings. The van der Waals surface area contributed by atoms with Gasteiger partial charge in [0.25, 0.3) is 0 Å². The Balaban J connectivity index is 2.32. The van der Waals surface area contributed by atoms with Gasteiger partial charge in [-0.15, -0.1) is 9.35 Å². The highest BCUT2D eigenvalue weighted by atomic mass is 31.2. The fourth-order valence-corrected chi connectivity index (χ4v) is 3.12. The Bertz CT molecular complexity index is 742. The van der Waals surface area contributed by atoms with Gasteiger partial charge in [-0.2, -0.15) is 5.26 Å². The first-order chi connectivity index (χ1) is 11.6. The molecule has 0 atom stereocenters. The van der Waals surface area contributed by atoms with Crippen LogP contribution in [0.4, 0.5) is 0 Å². The summed E-state index contributed by atoms with van der Waals surface area (Å²) in [6.07, 6.45) is 0. The average Bonchev–Trinajstić information content (AvgIpc) is 2.65. The maximum Gasteiger partial charge on any atom is 0.414 e. The zero-order valence-corrected chi connectivity index (χ0v) is 14.3. The Morgan fingerprint density at radius 1 is 1.08 bits per heavy atom. The molecule has 0 spiro atoms. The summed E-state index contributed by atoms with van der Waals surface area (Å²) in [5.41, 5.74) is 1.93. The number of rotatable bonds is 8. The summed E-state index contributed by atoms with van der Waals surface area (Å²) in [6, 6.07) is 16.9. The van der Waals surface area contributed by atoms with Gasteiger partial charge < -0.3 is 0 Å². The van der Waals surface area contributed by atoms with Crippen LogP contribution in [-0.4, -0.2) is 13.2 Å². The van der Waals surface area contributed by atoms with E-state index < -0.39 is 7.60 Å². The quantitative estimate of drug-likeness (QED) is 0.411. The molecule has 2 aromatic carbocycles. The topological polar surface area (TPSA) is 77.8 Å². The molecule has 1 radical (unpaired) electrons. The second-order valence-corrected chi connectivity index (χ2v) is 6.39. The van der Waals surface area contributed by atoms with Crippen molar-refractivity contribution in [3.63, 3.8) is 0 Å². The first-order valence-corrected chi connectivity index (χ1v) is 8.93. The van der Waals surface area contributed by atoms with Crippen LogP contribution in [0.5, 0.6) is 0 Å². The molecule has 0 heterocycles. The molecule has 0 saturated heterocycles. The zero-order valence-electron chi connectivity index (χ0n) is 13.4. The lowest BCUT2D eigenvalue weighted by molar-refractivity contribution is -0.260. The van der Waals surface area contributed by atoms with Gasteiger partial charge in [-0.05, 0) is 43.7 Å². The van der Waals surface area contributed by atoms with E-state index in [1.165, 1.54) is 0 Å². The molecule has 0 bridgehead atoms. The highest BCUT2D eigenvalue weighted by Crippen LogP contribution is 2.47. The summed E-state index contributed by atoms with van der Waals surface area (Å²) < 4.78 is 22.6. The maximum atomic E-state index is 12.7. The van der Waals surface area contributed by atoms with E-state index in [1.54, 1.807) is 56.3 Å². The molecule has 7 heteroatoms. The van der Waals surface area contributed by atoms with Crippen LogP contribution >= 0.6 is 7.60 Å². The van der Waals surface area contributed by atoms with E-state index in [0.29, 0.717) is 11.1 Å². The number of hydrogen-bond acceptors (Lipinski definition) is 6. The van der Waals surface area contributed by atoms with Gasteiger partial charge in [0.05, 0.1) is 30.2 Å². The van der Waals surface area contributed by atoms with Crippen LogP contribution in [0.25, 0.3) is 11.1 Å².